The van der Waals surface area contributed by atoms with Crippen LogP contribution in [0, 0.1) is 0 Å². The number of carbonyl (C=O) groups is 1. The van der Waals surface area contributed by atoms with Gasteiger partial charge >= 0.3 is 5.97 Å². The van der Waals surface area contributed by atoms with Crippen LogP contribution in [0.1, 0.15) is 5.56 Å². The number of imidazole rings is 1. The molecular weight excluding hydrogens is 260 g/mol. The molecule has 0 aliphatic carbocycles. The molecule has 5 heteroatoms. The van der Waals surface area contributed by atoms with Gasteiger partial charge in [0.2, 0.25) is 0 Å². The van der Waals surface area contributed by atoms with E-state index in [9.17, 15) is 4.79 Å². The zero-order chi connectivity index (χ0) is 10.8. The first-order valence-corrected chi connectivity index (χ1v) is 5.00. The van der Waals surface area contributed by atoms with Crippen LogP contribution < -0.4 is 0 Å². The highest BCUT2D eigenvalue weighted by Crippen LogP contribution is 2.23. The molecule has 1 aromatic heterocycles. The number of carboxylic acids is 1. The Labute approximate surface area is 93.8 Å². The lowest BCUT2D eigenvalue weighted by Crippen LogP contribution is -1.86. The van der Waals surface area contributed by atoms with Crippen LogP contribution in [0.15, 0.2) is 29.0 Å². The number of benzene rings is 1. The van der Waals surface area contributed by atoms with Gasteiger partial charge in [0.25, 0.3) is 0 Å². The topological polar surface area (TPSA) is 66.0 Å². The number of hydrogen-bond acceptors (Lipinski definition) is 2. The molecule has 0 saturated carbocycles. The summed E-state index contributed by atoms with van der Waals surface area (Å²) < 4.78 is 0.839. The summed E-state index contributed by atoms with van der Waals surface area (Å²) >= 11 is 3.37. The normalized spacial score (nSPS) is 11.3. The van der Waals surface area contributed by atoms with Gasteiger partial charge in [0.05, 0.1) is 11.8 Å². The second-order valence-corrected chi connectivity index (χ2v) is 3.83. The number of aromatic amines is 1. The van der Waals surface area contributed by atoms with Crippen molar-refractivity contribution < 1.29 is 9.90 Å². The lowest BCUT2D eigenvalue weighted by atomic mass is 10.2. The third-order valence-corrected chi connectivity index (χ3v) is 2.52. The van der Waals surface area contributed by atoms with E-state index in [2.05, 4.69) is 25.9 Å². The number of nitrogens with zero attached hydrogens (tertiary/aromatic N) is 1. The fourth-order valence-corrected chi connectivity index (χ4v) is 1.87. The molecule has 0 aliphatic heterocycles. The minimum atomic E-state index is -0.962. The van der Waals surface area contributed by atoms with Crippen LogP contribution in [0.25, 0.3) is 17.1 Å². The van der Waals surface area contributed by atoms with E-state index in [0.29, 0.717) is 0 Å². The molecule has 0 atom stereocenters. The van der Waals surface area contributed by atoms with Crippen molar-refractivity contribution in [1.82, 2.24) is 9.97 Å². The molecule has 0 fully saturated rings. The molecular formula is C10H7BrN2O2. The Morgan fingerprint density at radius 3 is 3.07 bits per heavy atom. The van der Waals surface area contributed by atoms with Gasteiger partial charge in [0.15, 0.2) is 0 Å². The number of carboxylic acid groups (broad SMARTS) is 1. The van der Waals surface area contributed by atoms with Gasteiger partial charge in [-0.25, -0.2) is 9.78 Å². The molecule has 1 aromatic carbocycles. The summed E-state index contributed by atoms with van der Waals surface area (Å²) in [6.45, 7) is 0. The molecule has 0 saturated heterocycles. The number of hydrogen-bond donors (Lipinski definition) is 2. The van der Waals surface area contributed by atoms with Gasteiger partial charge in [0.1, 0.15) is 5.52 Å². The number of aliphatic carboxylic acids is 1. The fraction of sp³-hybridized carbons (Fsp3) is 0. The summed E-state index contributed by atoms with van der Waals surface area (Å²) in [7, 11) is 0. The SMILES string of the molecule is O=C(O)/C=C/c1cc(Br)c2nc[nH]c2c1. The molecule has 4 nitrogen and oxygen atoms in total. The number of nitrogens with one attached hydrogen (secondary N) is 1. The summed E-state index contributed by atoms with van der Waals surface area (Å²) in [6.07, 6.45) is 4.23. The van der Waals surface area contributed by atoms with Crippen LogP contribution in [0.3, 0.4) is 0 Å². The van der Waals surface area contributed by atoms with Crippen molar-refractivity contribution in [3.63, 3.8) is 0 Å². The van der Waals surface area contributed by atoms with Crippen molar-refractivity contribution in [3.8, 4) is 0 Å². The van der Waals surface area contributed by atoms with E-state index in [4.69, 9.17) is 5.11 Å². The molecule has 1 heterocycles. The maximum absolute atomic E-state index is 10.4. The van der Waals surface area contributed by atoms with Crippen molar-refractivity contribution in [3.05, 3.63) is 34.6 Å². The highest BCUT2D eigenvalue weighted by Gasteiger charge is 2.02. The molecule has 76 valence electrons. The Bertz CT molecular complexity index is 545. The zero-order valence-corrected chi connectivity index (χ0v) is 9.15. The van der Waals surface area contributed by atoms with E-state index in [1.807, 2.05) is 12.1 Å². The molecule has 0 spiro atoms. The highest BCUT2D eigenvalue weighted by atomic mass is 79.9. The number of aromatic nitrogens is 2. The maximum atomic E-state index is 10.4. The zero-order valence-electron chi connectivity index (χ0n) is 7.57. The van der Waals surface area contributed by atoms with E-state index in [-0.39, 0.29) is 0 Å². The molecule has 0 unspecified atom stereocenters. The summed E-state index contributed by atoms with van der Waals surface area (Å²) in [5.74, 6) is -0.962. The Balaban J connectivity index is 2.49. The van der Waals surface area contributed by atoms with Gasteiger partial charge in [-0.15, -0.1) is 0 Å². The highest BCUT2D eigenvalue weighted by molar-refractivity contribution is 9.10. The quantitative estimate of drug-likeness (QED) is 0.821. The summed E-state index contributed by atoms with van der Waals surface area (Å²) in [6, 6.07) is 3.66. The molecule has 0 aliphatic rings. The third kappa shape index (κ3) is 2.07. The van der Waals surface area contributed by atoms with Gasteiger partial charge in [-0.2, -0.15) is 0 Å². The summed E-state index contributed by atoms with van der Waals surface area (Å²) in [4.78, 5) is 17.4. The summed E-state index contributed by atoms with van der Waals surface area (Å²) in [5, 5.41) is 8.50. The van der Waals surface area contributed by atoms with Gasteiger partial charge in [-0.1, -0.05) is 0 Å². The Kier molecular flexibility index (Phi) is 2.55. The molecule has 15 heavy (non-hydrogen) atoms. The first-order valence-electron chi connectivity index (χ1n) is 4.20. The number of fused-ring (bicyclic) bond motifs is 1. The average molecular weight is 267 g/mol. The standard InChI is InChI=1S/C10H7BrN2O2/c11-7-3-6(1-2-9(14)15)4-8-10(7)13-5-12-8/h1-5H,(H,12,13)(H,14,15)/b2-1+. The van der Waals surface area contributed by atoms with E-state index < -0.39 is 5.97 Å². The third-order valence-electron chi connectivity index (χ3n) is 1.92. The summed E-state index contributed by atoms with van der Waals surface area (Å²) in [5.41, 5.74) is 2.51. The van der Waals surface area contributed by atoms with Crippen molar-refractivity contribution in [2.75, 3.05) is 0 Å². The van der Waals surface area contributed by atoms with E-state index in [0.717, 1.165) is 27.1 Å². The average Bonchev–Trinajstić information content (AvgIpc) is 2.63. The number of H-pyrrole nitrogens is 1. The molecule has 2 aromatic rings. The largest absolute Gasteiger partial charge is 0.478 e. The Morgan fingerprint density at radius 2 is 2.33 bits per heavy atom. The molecule has 0 radical (unpaired) electrons. The Hall–Kier alpha value is -1.62. The van der Waals surface area contributed by atoms with Crippen molar-refractivity contribution in [2.24, 2.45) is 0 Å². The van der Waals surface area contributed by atoms with Gasteiger partial charge in [-0.3, -0.25) is 0 Å². The van der Waals surface area contributed by atoms with Gasteiger partial charge in [-0.05, 0) is 39.7 Å². The lowest BCUT2D eigenvalue weighted by molar-refractivity contribution is -0.131. The molecule has 2 N–H and O–H groups in total. The van der Waals surface area contributed by atoms with Crippen molar-refractivity contribution in [1.29, 1.82) is 0 Å². The second kappa shape index (κ2) is 3.86. The van der Waals surface area contributed by atoms with E-state index >= 15 is 0 Å². The maximum Gasteiger partial charge on any atom is 0.328 e. The lowest BCUT2D eigenvalue weighted by Gasteiger charge is -1.96. The number of rotatable bonds is 2. The minimum Gasteiger partial charge on any atom is -0.478 e. The fourth-order valence-electron chi connectivity index (χ4n) is 1.29. The smallest absolute Gasteiger partial charge is 0.328 e. The minimum absolute atomic E-state index is 0.807. The van der Waals surface area contributed by atoms with Crippen LogP contribution in [-0.2, 0) is 4.79 Å². The van der Waals surface area contributed by atoms with Crippen molar-refractivity contribution in [2.45, 2.75) is 0 Å². The second-order valence-electron chi connectivity index (χ2n) is 2.97. The molecule has 2 rings (SSSR count). The van der Waals surface area contributed by atoms with Crippen LogP contribution in [-0.4, -0.2) is 21.0 Å². The van der Waals surface area contributed by atoms with Crippen molar-refractivity contribution >= 4 is 39.0 Å². The van der Waals surface area contributed by atoms with Gasteiger partial charge < -0.3 is 10.1 Å². The first-order chi connectivity index (χ1) is 7.16. The molecule has 0 amide bonds. The predicted molar refractivity (Wildman–Crippen MR) is 60.5 cm³/mol. The van der Waals surface area contributed by atoms with E-state index in [1.54, 1.807) is 6.33 Å². The van der Waals surface area contributed by atoms with Crippen LogP contribution >= 0.6 is 15.9 Å². The van der Waals surface area contributed by atoms with Crippen LogP contribution in [0.4, 0.5) is 0 Å². The van der Waals surface area contributed by atoms with Crippen LogP contribution in [0.2, 0.25) is 0 Å². The van der Waals surface area contributed by atoms with Gasteiger partial charge in [0, 0.05) is 10.5 Å². The van der Waals surface area contributed by atoms with Crippen LogP contribution in [0.5, 0.6) is 0 Å². The monoisotopic (exact) mass is 266 g/mol. The number of halogens is 1. The first kappa shape index (κ1) is 9.92. The van der Waals surface area contributed by atoms with E-state index in [1.165, 1.54) is 6.08 Å². The Morgan fingerprint density at radius 1 is 1.53 bits per heavy atom. The predicted octanol–water partition coefficient (Wildman–Crippen LogP) is 2.42. The molecule has 0 bridgehead atoms.